The van der Waals surface area contributed by atoms with Gasteiger partial charge in [-0.2, -0.15) is 0 Å². The lowest BCUT2D eigenvalue weighted by molar-refractivity contribution is 0.340. The summed E-state index contributed by atoms with van der Waals surface area (Å²) in [5.74, 6) is 0. The van der Waals surface area contributed by atoms with E-state index in [1.807, 2.05) is 0 Å². The highest BCUT2D eigenvalue weighted by molar-refractivity contribution is 5.85. The topological polar surface area (TPSA) is 12.0 Å². The van der Waals surface area contributed by atoms with Crippen LogP contribution in [0, 0.1) is 5.41 Å². The zero-order valence-corrected chi connectivity index (χ0v) is 12.4. The Hall–Kier alpha value is -1.34. The van der Waals surface area contributed by atoms with Gasteiger partial charge in [0.25, 0.3) is 0 Å². The average molecular weight is 255 g/mol. The van der Waals surface area contributed by atoms with Gasteiger partial charge in [0.15, 0.2) is 0 Å². The molecule has 0 fully saturated rings. The van der Waals surface area contributed by atoms with Gasteiger partial charge >= 0.3 is 0 Å². The van der Waals surface area contributed by atoms with E-state index in [2.05, 4.69) is 68.6 Å². The molecule has 2 aromatic rings. The van der Waals surface area contributed by atoms with Crippen molar-refractivity contribution in [3.63, 3.8) is 0 Å². The third-order valence-electron chi connectivity index (χ3n) is 3.58. The molecule has 0 saturated carbocycles. The first-order chi connectivity index (χ1) is 9.12. The van der Waals surface area contributed by atoms with Gasteiger partial charge in [-0.25, -0.2) is 0 Å². The Morgan fingerprint density at radius 3 is 2.53 bits per heavy atom. The number of benzene rings is 2. The first kappa shape index (κ1) is 14.1. The van der Waals surface area contributed by atoms with Gasteiger partial charge < -0.3 is 5.32 Å². The number of nitrogens with one attached hydrogen (secondary N) is 1. The predicted octanol–water partition coefficient (Wildman–Crippen LogP) is 4.41. The van der Waals surface area contributed by atoms with Crippen LogP contribution in [0.25, 0.3) is 10.8 Å². The maximum atomic E-state index is 3.54. The molecule has 0 heterocycles. The number of hydrogen-bond donors (Lipinski definition) is 1. The van der Waals surface area contributed by atoms with Crippen molar-refractivity contribution >= 4 is 10.8 Å². The molecule has 102 valence electrons. The largest absolute Gasteiger partial charge is 0.316 e. The molecule has 0 spiro atoms. The van der Waals surface area contributed by atoms with Crippen molar-refractivity contribution < 1.29 is 0 Å². The second-order valence-corrected chi connectivity index (χ2v) is 6.16. The quantitative estimate of drug-likeness (QED) is 0.754. The van der Waals surface area contributed by atoms with Crippen LogP contribution in [0.15, 0.2) is 42.5 Å². The van der Waals surface area contributed by atoms with Crippen LogP contribution in [0.4, 0.5) is 0 Å². The zero-order chi connectivity index (χ0) is 13.7. The van der Waals surface area contributed by atoms with Crippen LogP contribution in [0.1, 0.15) is 32.8 Å². The molecule has 2 rings (SSSR count). The molecule has 0 aliphatic heterocycles. The first-order valence-corrected chi connectivity index (χ1v) is 7.30. The summed E-state index contributed by atoms with van der Waals surface area (Å²) in [5, 5.41) is 6.29. The Morgan fingerprint density at radius 1 is 1.00 bits per heavy atom. The Morgan fingerprint density at radius 2 is 1.74 bits per heavy atom. The van der Waals surface area contributed by atoms with Crippen molar-refractivity contribution in [3.8, 4) is 0 Å². The van der Waals surface area contributed by atoms with Crippen molar-refractivity contribution in [2.24, 2.45) is 5.41 Å². The maximum absolute atomic E-state index is 3.54. The molecule has 0 atom stereocenters. The van der Waals surface area contributed by atoms with Gasteiger partial charge in [-0.05, 0) is 41.1 Å². The first-order valence-electron chi connectivity index (χ1n) is 7.30. The molecule has 19 heavy (non-hydrogen) atoms. The lowest BCUT2D eigenvalue weighted by Gasteiger charge is -2.26. The van der Waals surface area contributed by atoms with E-state index in [-0.39, 0.29) is 0 Å². The van der Waals surface area contributed by atoms with Crippen molar-refractivity contribution in [1.29, 1.82) is 0 Å². The third-order valence-corrected chi connectivity index (χ3v) is 3.58. The molecule has 0 amide bonds. The normalized spacial score (nSPS) is 11.9. The highest BCUT2D eigenvalue weighted by Gasteiger charge is 2.18. The van der Waals surface area contributed by atoms with Crippen LogP contribution < -0.4 is 5.32 Å². The summed E-state index contributed by atoms with van der Waals surface area (Å²) < 4.78 is 0. The highest BCUT2D eigenvalue weighted by atomic mass is 14.9. The van der Waals surface area contributed by atoms with E-state index in [0.29, 0.717) is 5.41 Å². The second-order valence-electron chi connectivity index (χ2n) is 6.16. The lowest BCUT2D eigenvalue weighted by atomic mass is 9.84. The molecular weight excluding hydrogens is 230 g/mol. The van der Waals surface area contributed by atoms with Crippen molar-refractivity contribution in [1.82, 2.24) is 5.32 Å². The molecule has 2 aromatic carbocycles. The molecule has 1 N–H and O–H groups in total. The molecule has 1 nitrogen and oxygen atoms in total. The van der Waals surface area contributed by atoms with Gasteiger partial charge in [0, 0.05) is 6.54 Å². The highest BCUT2D eigenvalue weighted by Crippen LogP contribution is 2.26. The van der Waals surface area contributed by atoms with Crippen LogP contribution in [-0.2, 0) is 6.42 Å². The minimum Gasteiger partial charge on any atom is -0.316 e. The number of fused-ring (bicyclic) bond motifs is 1. The Labute approximate surface area is 117 Å². The van der Waals surface area contributed by atoms with E-state index >= 15 is 0 Å². The summed E-state index contributed by atoms with van der Waals surface area (Å²) in [6, 6.07) is 15.3. The smallest absolute Gasteiger partial charge is 0.000570 e. The molecular formula is C18H25N. The fourth-order valence-corrected chi connectivity index (χ4v) is 2.63. The van der Waals surface area contributed by atoms with Crippen LogP contribution in [0.3, 0.4) is 0 Å². The van der Waals surface area contributed by atoms with Gasteiger partial charge in [0.1, 0.15) is 0 Å². The molecule has 0 unspecified atom stereocenters. The summed E-state index contributed by atoms with van der Waals surface area (Å²) in [7, 11) is 0. The van der Waals surface area contributed by atoms with Gasteiger partial charge in [0.2, 0.25) is 0 Å². The number of hydrogen-bond acceptors (Lipinski definition) is 1. The van der Waals surface area contributed by atoms with E-state index in [1.54, 1.807) is 0 Å². The van der Waals surface area contributed by atoms with E-state index < -0.39 is 0 Å². The standard InChI is InChI=1S/C18H25N/c1-4-12-19-14-18(2,3)13-16-10-7-9-15-8-5-6-11-17(15)16/h5-11,19H,4,12-14H2,1-3H3. The summed E-state index contributed by atoms with van der Waals surface area (Å²) >= 11 is 0. The van der Waals surface area contributed by atoms with Gasteiger partial charge in [-0.3, -0.25) is 0 Å². The average Bonchev–Trinajstić information content (AvgIpc) is 2.39. The number of rotatable bonds is 6. The molecule has 0 aliphatic rings. The maximum Gasteiger partial charge on any atom is 0.000570 e. The van der Waals surface area contributed by atoms with Crippen LogP contribution in [0.2, 0.25) is 0 Å². The van der Waals surface area contributed by atoms with Crippen LogP contribution >= 0.6 is 0 Å². The monoisotopic (exact) mass is 255 g/mol. The minimum atomic E-state index is 0.291. The lowest BCUT2D eigenvalue weighted by Crippen LogP contribution is -2.31. The summed E-state index contributed by atoms with van der Waals surface area (Å²) in [6.07, 6.45) is 2.31. The van der Waals surface area contributed by atoms with Gasteiger partial charge in [-0.15, -0.1) is 0 Å². The van der Waals surface area contributed by atoms with E-state index in [1.165, 1.54) is 22.8 Å². The fraction of sp³-hybridized carbons (Fsp3) is 0.444. The molecule has 0 saturated heterocycles. The molecule has 0 radical (unpaired) electrons. The molecule has 0 aromatic heterocycles. The van der Waals surface area contributed by atoms with Crippen molar-refractivity contribution in [3.05, 3.63) is 48.0 Å². The van der Waals surface area contributed by atoms with Crippen molar-refractivity contribution in [2.75, 3.05) is 13.1 Å². The molecule has 0 bridgehead atoms. The fourth-order valence-electron chi connectivity index (χ4n) is 2.63. The third kappa shape index (κ3) is 3.81. The van der Waals surface area contributed by atoms with E-state index in [4.69, 9.17) is 0 Å². The molecule has 0 aliphatic carbocycles. The van der Waals surface area contributed by atoms with Gasteiger partial charge in [-0.1, -0.05) is 63.2 Å². The van der Waals surface area contributed by atoms with Crippen LogP contribution in [-0.4, -0.2) is 13.1 Å². The predicted molar refractivity (Wildman–Crippen MR) is 84.6 cm³/mol. The minimum absolute atomic E-state index is 0.291. The summed E-state index contributed by atoms with van der Waals surface area (Å²) in [6.45, 7) is 9.09. The zero-order valence-electron chi connectivity index (χ0n) is 12.4. The Bertz CT molecular complexity index is 523. The SMILES string of the molecule is CCCNCC(C)(C)Cc1cccc2ccccc12. The Kier molecular flexibility index (Phi) is 4.60. The van der Waals surface area contributed by atoms with E-state index in [0.717, 1.165) is 19.5 Å². The summed E-state index contributed by atoms with van der Waals surface area (Å²) in [4.78, 5) is 0. The molecule has 1 heteroatoms. The summed E-state index contributed by atoms with van der Waals surface area (Å²) in [5.41, 5.74) is 1.75. The van der Waals surface area contributed by atoms with E-state index in [9.17, 15) is 0 Å². The van der Waals surface area contributed by atoms with Crippen molar-refractivity contribution in [2.45, 2.75) is 33.6 Å². The van der Waals surface area contributed by atoms with Gasteiger partial charge in [0.05, 0.1) is 0 Å². The van der Waals surface area contributed by atoms with Crippen LogP contribution in [0.5, 0.6) is 0 Å². The second kappa shape index (κ2) is 6.21. The Balaban J connectivity index is 2.16.